The summed E-state index contributed by atoms with van der Waals surface area (Å²) >= 11 is 0. The maximum absolute atomic E-state index is 6.07. The Morgan fingerprint density at radius 1 is 1.08 bits per heavy atom. The molecule has 2 saturated heterocycles. The van der Waals surface area contributed by atoms with Crippen LogP contribution in [0.2, 0.25) is 0 Å². The highest BCUT2D eigenvalue weighted by Gasteiger charge is 2.51. The predicted molar refractivity (Wildman–Crippen MR) is 97.8 cm³/mol. The quantitative estimate of drug-likeness (QED) is 0.787. The topological polar surface area (TPSA) is 71.3 Å². The summed E-state index contributed by atoms with van der Waals surface area (Å²) < 4.78 is 19.7. The van der Waals surface area contributed by atoms with Gasteiger partial charge in [0.15, 0.2) is 12.1 Å². The third kappa shape index (κ3) is 3.17. The third-order valence-electron chi connectivity index (χ3n) is 5.50. The lowest BCUT2D eigenvalue weighted by Crippen LogP contribution is -2.41. The molecule has 0 spiro atoms. The first-order valence-electron chi connectivity index (χ1n) is 9.20. The first-order valence-corrected chi connectivity index (χ1v) is 9.20. The highest BCUT2D eigenvalue weighted by atomic mass is 16.7. The lowest BCUT2D eigenvalue weighted by Gasteiger charge is -2.32. The second-order valence-corrected chi connectivity index (χ2v) is 7.93. The van der Waals surface area contributed by atoms with E-state index in [1.807, 2.05) is 39.8 Å². The highest BCUT2D eigenvalue weighted by molar-refractivity contribution is 6.62. The maximum Gasteiger partial charge on any atom is 0.496 e. The predicted octanol–water partition coefficient (Wildman–Crippen LogP) is 2.34. The van der Waals surface area contributed by atoms with E-state index in [4.69, 9.17) is 14.0 Å². The van der Waals surface area contributed by atoms with E-state index in [0.717, 1.165) is 37.0 Å². The van der Waals surface area contributed by atoms with Crippen LogP contribution >= 0.6 is 0 Å². The SMILES string of the molecule is CC1(C)OB(c2ccc(-c3ncn(C4CCCCO4)n3)nc2)OC1(C)C. The van der Waals surface area contributed by atoms with E-state index >= 15 is 0 Å². The molecule has 138 valence electrons. The van der Waals surface area contributed by atoms with Crippen molar-refractivity contribution in [2.24, 2.45) is 0 Å². The van der Waals surface area contributed by atoms with E-state index in [1.165, 1.54) is 0 Å². The molecule has 1 atom stereocenters. The van der Waals surface area contributed by atoms with Gasteiger partial charge in [0.25, 0.3) is 0 Å². The maximum atomic E-state index is 6.07. The van der Waals surface area contributed by atoms with Crippen LogP contribution in [0.4, 0.5) is 0 Å². The standard InChI is InChI=1S/C18H25BN4O3/c1-17(2)18(3,4)26-19(25-17)13-8-9-14(20-11-13)16-21-12-23(22-16)15-7-5-6-10-24-15/h8-9,11-12,15H,5-7,10H2,1-4H3. The van der Waals surface area contributed by atoms with Gasteiger partial charge in [-0.25, -0.2) is 9.67 Å². The minimum atomic E-state index is -0.414. The number of hydrogen-bond acceptors (Lipinski definition) is 6. The molecule has 4 rings (SSSR count). The van der Waals surface area contributed by atoms with Crippen molar-refractivity contribution in [2.75, 3.05) is 6.61 Å². The molecule has 4 heterocycles. The molecule has 0 aromatic carbocycles. The monoisotopic (exact) mass is 356 g/mol. The van der Waals surface area contributed by atoms with Gasteiger partial charge in [0.05, 0.1) is 11.2 Å². The molecule has 2 aromatic heterocycles. The Kier molecular flexibility index (Phi) is 4.37. The summed E-state index contributed by atoms with van der Waals surface area (Å²) in [5.74, 6) is 0.597. The Hall–Kier alpha value is -1.77. The van der Waals surface area contributed by atoms with Gasteiger partial charge in [-0.2, -0.15) is 0 Å². The number of aromatic nitrogens is 4. The molecule has 0 aliphatic carbocycles. The van der Waals surface area contributed by atoms with E-state index < -0.39 is 7.12 Å². The second kappa shape index (κ2) is 6.44. The van der Waals surface area contributed by atoms with Gasteiger partial charge in [0.2, 0.25) is 0 Å². The number of rotatable bonds is 3. The molecule has 0 amide bonds. The van der Waals surface area contributed by atoms with E-state index in [2.05, 4.69) is 15.1 Å². The fraction of sp³-hybridized carbons (Fsp3) is 0.611. The summed E-state index contributed by atoms with van der Waals surface area (Å²) in [6.45, 7) is 8.94. The normalized spacial score (nSPS) is 24.8. The summed E-state index contributed by atoms with van der Waals surface area (Å²) in [6, 6.07) is 3.87. The highest BCUT2D eigenvalue weighted by Crippen LogP contribution is 2.36. The second-order valence-electron chi connectivity index (χ2n) is 7.93. The van der Waals surface area contributed by atoms with E-state index in [0.29, 0.717) is 5.82 Å². The molecule has 26 heavy (non-hydrogen) atoms. The van der Waals surface area contributed by atoms with Crippen molar-refractivity contribution in [3.05, 3.63) is 24.7 Å². The first-order chi connectivity index (χ1) is 12.4. The molecule has 0 radical (unpaired) electrons. The van der Waals surface area contributed by atoms with Gasteiger partial charge in [0.1, 0.15) is 12.0 Å². The average molecular weight is 356 g/mol. The van der Waals surface area contributed by atoms with Crippen LogP contribution in [0, 0.1) is 0 Å². The van der Waals surface area contributed by atoms with Crippen LogP contribution < -0.4 is 5.46 Å². The van der Waals surface area contributed by atoms with Crippen molar-refractivity contribution in [1.82, 2.24) is 19.7 Å². The molecular weight excluding hydrogens is 331 g/mol. The Labute approximate surface area is 154 Å². The zero-order chi connectivity index (χ0) is 18.4. The van der Waals surface area contributed by atoms with Gasteiger partial charge in [-0.15, -0.1) is 5.10 Å². The van der Waals surface area contributed by atoms with Crippen LogP contribution in [0.5, 0.6) is 0 Å². The molecule has 2 aliphatic heterocycles. The molecule has 7 nitrogen and oxygen atoms in total. The Bertz CT molecular complexity index is 753. The molecule has 0 saturated carbocycles. The van der Waals surface area contributed by atoms with Crippen molar-refractivity contribution in [2.45, 2.75) is 64.4 Å². The van der Waals surface area contributed by atoms with Gasteiger partial charge in [-0.05, 0) is 53.0 Å². The van der Waals surface area contributed by atoms with Crippen LogP contribution in [-0.4, -0.2) is 44.7 Å². The van der Waals surface area contributed by atoms with Crippen LogP contribution in [0.3, 0.4) is 0 Å². The minimum absolute atomic E-state index is 0.0194. The fourth-order valence-corrected chi connectivity index (χ4v) is 3.12. The molecule has 0 bridgehead atoms. The molecule has 8 heteroatoms. The summed E-state index contributed by atoms with van der Waals surface area (Å²) in [7, 11) is -0.414. The van der Waals surface area contributed by atoms with Crippen molar-refractivity contribution < 1.29 is 14.0 Å². The van der Waals surface area contributed by atoms with Crippen molar-refractivity contribution in [3.8, 4) is 11.5 Å². The number of hydrogen-bond donors (Lipinski definition) is 0. The number of ether oxygens (including phenoxy) is 1. The van der Waals surface area contributed by atoms with Crippen LogP contribution in [-0.2, 0) is 14.0 Å². The summed E-state index contributed by atoms with van der Waals surface area (Å²) in [5, 5.41) is 4.53. The van der Waals surface area contributed by atoms with Crippen LogP contribution in [0.1, 0.15) is 53.2 Å². The third-order valence-corrected chi connectivity index (χ3v) is 5.50. The lowest BCUT2D eigenvalue weighted by molar-refractivity contribution is -0.0395. The van der Waals surface area contributed by atoms with Crippen molar-refractivity contribution in [3.63, 3.8) is 0 Å². The van der Waals surface area contributed by atoms with Gasteiger partial charge in [0, 0.05) is 18.3 Å². The molecule has 1 unspecified atom stereocenters. The zero-order valence-electron chi connectivity index (χ0n) is 15.8. The van der Waals surface area contributed by atoms with Gasteiger partial charge in [-0.1, -0.05) is 6.07 Å². The van der Waals surface area contributed by atoms with Crippen LogP contribution in [0.15, 0.2) is 24.7 Å². The van der Waals surface area contributed by atoms with Crippen LogP contribution in [0.25, 0.3) is 11.5 Å². The molecule has 2 aliphatic rings. The van der Waals surface area contributed by atoms with Gasteiger partial charge in [-0.3, -0.25) is 4.98 Å². The average Bonchev–Trinajstić information content (AvgIpc) is 3.19. The molecule has 2 fully saturated rings. The fourth-order valence-electron chi connectivity index (χ4n) is 3.12. The largest absolute Gasteiger partial charge is 0.496 e. The number of pyridine rings is 1. The van der Waals surface area contributed by atoms with E-state index in [9.17, 15) is 0 Å². The molecule has 2 aromatic rings. The van der Waals surface area contributed by atoms with Crippen molar-refractivity contribution in [1.29, 1.82) is 0 Å². The minimum Gasteiger partial charge on any atom is -0.399 e. The first kappa shape index (κ1) is 17.6. The van der Waals surface area contributed by atoms with E-state index in [-0.39, 0.29) is 17.4 Å². The van der Waals surface area contributed by atoms with Gasteiger partial charge < -0.3 is 14.0 Å². The van der Waals surface area contributed by atoms with Gasteiger partial charge >= 0.3 is 7.12 Å². The Morgan fingerprint density at radius 2 is 1.85 bits per heavy atom. The smallest absolute Gasteiger partial charge is 0.399 e. The summed E-state index contributed by atoms with van der Waals surface area (Å²) in [6.07, 6.45) is 6.71. The lowest BCUT2D eigenvalue weighted by atomic mass is 9.80. The summed E-state index contributed by atoms with van der Waals surface area (Å²) in [4.78, 5) is 8.89. The Morgan fingerprint density at radius 3 is 2.46 bits per heavy atom. The number of nitrogens with zero attached hydrogens (tertiary/aromatic N) is 4. The Balaban J connectivity index is 1.49. The summed E-state index contributed by atoms with van der Waals surface area (Å²) in [5.41, 5.74) is 0.884. The molecular formula is C18H25BN4O3. The molecule has 0 N–H and O–H groups in total. The van der Waals surface area contributed by atoms with E-state index in [1.54, 1.807) is 17.2 Å². The zero-order valence-corrected chi connectivity index (χ0v) is 15.8. The van der Waals surface area contributed by atoms with Crippen molar-refractivity contribution >= 4 is 12.6 Å².